The summed E-state index contributed by atoms with van der Waals surface area (Å²) in [6.45, 7) is 3.48. The van der Waals surface area contributed by atoms with Gasteiger partial charge < -0.3 is 9.84 Å². The van der Waals surface area contributed by atoms with Crippen molar-refractivity contribution in [1.82, 2.24) is 0 Å². The number of cyclic esters (lactones) is 1. The average Bonchev–Trinajstić information content (AvgIpc) is 2.33. The van der Waals surface area contributed by atoms with Crippen molar-refractivity contribution in [2.75, 3.05) is 0 Å². The Kier molecular flexibility index (Phi) is 3.83. The summed E-state index contributed by atoms with van der Waals surface area (Å²) in [5.41, 5.74) is -0.124. The molecule has 19 heavy (non-hydrogen) atoms. The average molecular weight is 325 g/mol. The van der Waals surface area contributed by atoms with Crippen LogP contribution in [0.25, 0.3) is 6.08 Å². The number of rotatable bonds is 2. The van der Waals surface area contributed by atoms with E-state index >= 15 is 0 Å². The number of halogens is 1. The molecule has 1 aliphatic heterocycles. The molecule has 1 aromatic rings. The zero-order valence-corrected chi connectivity index (χ0v) is 12.6. The quantitative estimate of drug-likeness (QED) is 0.672. The first-order chi connectivity index (χ1) is 8.83. The molecule has 0 aromatic heterocycles. The van der Waals surface area contributed by atoms with E-state index in [1.807, 2.05) is 43.3 Å². The van der Waals surface area contributed by atoms with Crippen molar-refractivity contribution in [1.29, 1.82) is 0 Å². The molecule has 3 nitrogen and oxygen atoms in total. The number of ether oxygens (including phenoxy) is 1. The topological polar surface area (TPSA) is 46.5 Å². The number of carbonyl (C=O) groups excluding carboxylic acids is 1. The minimum Gasteiger partial charge on any atom is -0.456 e. The van der Waals surface area contributed by atoms with Crippen LogP contribution < -0.4 is 0 Å². The summed E-state index contributed by atoms with van der Waals surface area (Å²) in [5, 5.41) is 10.4. The maximum absolute atomic E-state index is 11.6. The first-order valence-corrected chi connectivity index (χ1v) is 6.96. The van der Waals surface area contributed by atoms with Crippen molar-refractivity contribution in [3.8, 4) is 0 Å². The predicted molar refractivity (Wildman–Crippen MR) is 77.9 cm³/mol. The fourth-order valence-corrected chi connectivity index (χ4v) is 2.42. The second kappa shape index (κ2) is 5.10. The number of hydrogen-bond acceptors (Lipinski definition) is 3. The van der Waals surface area contributed by atoms with Gasteiger partial charge in [0.2, 0.25) is 0 Å². The van der Waals surface area contributed by atoms with Gasteiger partial charge in [-0.3, -0.25) is 4.79 Å². The van der Waals surface area contributed by atoms with Gasteiger partial charge in [0, 0.05) is 0 Å². The Morgan fingerprint density at radius 3 is 2.63 bits per heavy atom. The predicted octanol–water partition coefficient (Wildman–Crippen LogP) is 2.92. The number of hydrogen-bond donors (Lipinski definition) is 1. The number of carbonyl (C=O) groups is 1. The van der Waals surface area contributed by atoms with Gasteiger partial charge >= 0.3 is 5.97 Å². The second-order valence-electron chi connectivity index (χ2n) is 5.21. The van der Waals surface area contributed by atoms with Crippen molar-refractivity contribution < 1.29 is 14.6 Å². The maximum Gasteiger partial charge on any atom is 0.309 e. The highest BCUT2D eigenvalue weighted by Gasteiger charge is 2.53. The summed E-state index contributed by atoms with van der Waals surface area (Å²) in [6.07, 6.45) is 3.17. The molecule has 1 N–H and O–H groups in total. The summed E-state index contributed by atoms with van der Waals surface area (Å²) >= 11 is 3.50. The summed E-state index contributed by atoms with van der Waals surface area (Å²) in [5.74, 6) is -0.385. The van der Waals surface area contributed by atoms with Gasteiger partial charge in [-0.1, -0.05) is 52.3 Å². The third-order valence-electron chi connectivity index (χ3n) is 3.60. The van der Waals surface area contributed by atoms with E-state index in [4.69, 9.17) is 4.74 Å². The van der Waals surface area contributed by atoms with Crippen molar-refractivity contribution in [3.63, 3.8) is 0 Å². The van der Waals surface area contributed by atoms with Gasteiger partial charge in [0.15, 0.2) is 0 Å². The largest absolute Gasteiger partial charge is 0.456 e. The van der Waals surface area contributed by atoms with Crippen LogP contribution in [0.15, 0.2) is 36.4 Å². The smallest absolute Gasteiger partial charge is 0.309 e. The number of benzene rings is 1. The molecule has 0 bridgehead atoms. The molecule has 0 saturated carbocycles. The fourth-order valence-electron chi connectivity index (χ4n) is 2.04. The van der Waals surface area contributed by atoms with E-state index in [1.54, 1.807) is 13.0 Å². The molecule has 0 aliphatic carbocycles. The van der Waals surface area contributed by atoms with E-state index in [0.29, 0.717) is 0 Å². The van der Waals surface area contributed by atoms with E-state index in [-0.39, 0.29) is 12.4 Å². The van der Waals surface area contributed by atoms with Crippen LogP contribution in [0.5, 0.6) is 0 Å². The lowest BCUT2D eigenvalue weighted by Gasteiger charge is -2.45. The Morgan fingerprint density at radius 1 is 1.37 bits per heavy atom. The van der Waals surface area contributed by atoms with Gasteiger partial charge in [-0.15, -0.1) is 0 Å². The van der Waals surface area contributed by atoms with E-state index in [1.165, 1.54) is 0 Å². The fraction of sp³-hybridized carbons (Fsp3) is 0.400. The Bertz CT molecular complexity index is 491. The standard InChI is InChI=1S/C15H17BrO3/c1-14(18)10-13(17)19-12(15(14,2)16)9-8-11-6-4-3-5-7-11/h3-9,12,18H,10H2,1-2H3/b9-8+. The summed E-state index contributed by atoms with van der Waals surface area (Å²) in [6, 6.07) is 9.75. The van der Waals surface area contributed by atoms with Crippen molar-refractivity contribution in [2.45, 2.75) is 36.3 Å². The third kappa shape index (κ3) is 2.90. The van der Waals surface area contributed by atoms with Crippen molar-refractivity contribution in [3.05, 3.63) is 42.0 Å². The SMILES string of the molecule is CC1(O)CC(=O)OC(/C=C/c2ccccc2)C1(C)Br. The molecular weight excluding hydrogens is 308 g/mol. The molecule has 1 fully saturated rings. The van der Waals surface area contributed by atoms with Crippen molar-refractivity contribution >= 4 is 28.0 Å². The summed E-state index contributed by atoms with van der Waals surface area (Å²) in [4.78, 5) is 11.6. The van der Waals surface area contributed by atoms with Crippen LogP contribution in [0.3, 0.4) is 0 Å². The molecule has 3 unspecified atom stereocenters. The molecule has 1 saturated heterocycles. The van der Waals surface area contributed by atoms with Crippen LogP contribution in [0.4, 0.5) is 0 Å². The van der Waals surface area contributed by atoms with E-state index < -0.39 is 16.0 Å². The molecule has 1 aliphatic rings. The lowest BCUT2D eigenvalue weighted by atomic mass is 9.81. The Morgan fingerprint density at radius 2 is 2.00 bits per heavy atom. The number of esters is 1. The van der Waals surface area contributed by atoms with E-state index in [2.05, 4.69) is 15.9 Å². The normalized spacial score (nSPS) is 35.4. The molecule has 0 spiro atoms. The molecule has 2 rings (SSSR count). The van der Waals surface area contributed by atoms with Gasteiger partial charge in [-0.05, 0) is 25.5 Å². The molecule has 0 amide bonds. The molecule has 1 heterocycles. The first kappa shape index (κ1) is 14.3. The van der Waals surface area contributed by atoms with Gasteiger partial charge in [-0.2, -0.15) is 0 Å². The summed E-state index contributed by atoms with van der Waals surface area (Å²) in [7, 11) is 0. The lowest BCUT2D eigenvalue weighted by molar-refractivity contribution is -0.168. The Balaban J connectivity index is 2.23. The molecule has 0 radical (unpaired) electrons. The Labute approximate surface area is 121 Å². The first-order valence-electron chi connectivity index (χ1n) is 6.17. The minimum absolute atomic E-state index is 0.00950. The maximum atomic E-state index is 11.6. The zero-order chi connectivity index (χ0) is 14.1. The van der Waals surface area contributed by atoms with Crippen LogP contribution >= 0.6 is 15.9 Å². The second-order valence-corrected chi connectivity index (χ2v) is 6.85. The highest BCUT2D eigenvalue weighted by Crippen LogP contribution is 2.42. The monoisotopic (exact) mass is 324 g/mol. The Hall–Kier alpha value is -1.13. The van der Waals surface area contributed by atoms with Gasteiger partial charge in [0.05, 0.1) is 16.3 Å². The lowest BCUT2D eigenvalue weighted by Crippen LogP contribution is -2.58. The molecule has 1 aromatic carbocycles. The van der Waals surface area contributed by atoms with Crippen LogP contribution in [0.1, 0.15) is 25.8 Å². The summed E-state index contributed by atoms with van der Waals surface area (Å²) < 4.78 is 4.62. The zero-order valence-electron chi connectivity index (χ0n) is 11.0. The number of alkyl halides is 1. The van der Waals surface area contributed by atoms with E-state index in [9.17, 15) is 9.90 Å². The van der Waals surface area contributed by atoms with Crippen LogP contribution in [0, 0.1) is 0 Å². The van der Waals surface area contributed by atoms with Crippen LogP contribution in [-0.4, -0.2) is 27.1 Å². The van der Waals surface area contributed by atoms with Crippen molar-refractivity contribution in [2.24, 2.45) is 0 Å². The number of aliphatic hydroxyl groups is 1. The highest BCUT2D eigenvalue weighted by atomic mass is 79.9. The van der Waals surface area contributed by atoms with Gasteiger partial charge in [-0.25, -0.2) is 0 Å². The highest BCUT2D eigenvalue weighted by molar-refractivity contribution is 9.10. The minimum atomic E-state index is -1.14. The van der Waals surface area contributed by atoms with Crippen LogP contribution in [0.2, 0.25) is 0 Å². The van der Waals surface area contributed by atoms with E-state index in [0.717, 1.165) is 5.56 Å². The molecular formula is C15H17BrO3. The van der Waals surface area contributed by atoms with Gasteiger partial charge in [0.1, 0.15) is 6.10 Å². The van der Waals surface area contributed by atoms with Crippen LogP contribution in [-0.2, 0) is 9.53 Å². The third-order valence-corrected chi connectivity index (χ3v) is 4.90. The molecule has 102 valence electrons. The molecule has 4 heteroatoms. The van der Waals surface area contributed by atoms with Gasteiger partial charge in [0.25, 0.3) is 0 Å². The molecule has 3 atom stereocenters.